The molecule has 7 nitrogen and oxygen atoms in total. The van der Waals surface area contributed by atoms with E-state index in [2.05, 4.69) is 6.58 Å². The molecular weight excluding hydrogens is 360 g/mol. The van der Waals surface area contributed by atoms with Crippen LogP contribution in [0.3, 0.4) is 0 Å². The highest BCUT2D eigenvalue weighted by Gasteiger charge is 2.63. The highest BCUT2D eigenvalue weighted by atomic mass is 32.2. The number of carbonyl (C=O) groups excluding carboxylic acids is 2. The number of ether oxygens (including phenoxy) is 2. The van der Waals surface area contributed by atoms with E-state index < -0.39 is 32.9 Å². The summed E-state index contributed by atoms with van der Waals surface area (Å²) in [5.41, 5.74) is -0.923. The molecule has 26 heavy (non-hydrogen) atoms. The first kappa shape index (κ1) is 19.4. The second-order valence-corrected chi connectivity index (χ2v) is 9.94. The molecule has 0 aromatic heterocycles. The van der Waals surface area contributed by atoms with Crippen molar-refractivity contribution in [1.82, 2.24) is 0 Å². The first-order valence-electron chi connectivity index (χ1n) is 9.04. The van der Waals surface area contributed by atoms with Gasteiger partial charge in [-0.05, 0) is 57.3 Å². The summed E-state index contributed by atoms with van der Waals surface area (Å²) < 4.78 is 41.4. The second-order valence-electron chi connectivity index (χ2n) is 8.37. The van der Waals surface area contributed by atoms with Crippen LogP contribution in [0.2, 0.25) is 0 Å². The van der Waals surface area contributed by atoms with Crippen LogP contribution in [-0.4, -0.2) is 42.9 Å². The molecule has 1 N–H and O–H groups in total. The molecule has 4 aliphatic rings. The fraction of sp³-hybridized carbons (Fsp3) is 0.778. The quantitative estimate of drug-likeness (QED) is 0.309. The van der Waals surface area contributed by atoms with Gasteiger partial charge in [-0.2, -0.15) is 8.42 Å². The third kappa shape index (κ3) is 3.96. The summed E-state index contributed by atoms with van der Waals surface area (Å²) in [5.74, 6) is -0.515. The molecule has 146 valence electrons. The predicted molar refractivity (Wildman–Crippen MR) is 92.7 cm³/mol. The number of esters is 2. The van der Waals surface area contributed by atoms with Crippen LogP contribution in [0, 0.1) is 17.3 Å². The fourth-order valence-electron chi connectivity index (χ4n) is 5.38. The van der Waals surface area contributed by atoms with Crippen LogP contribution in [-0.2, 0) is 29.2 Å². The summed E-state index contributed by atoms with van der Waals surface area (Å²) in [6.45, 7) is 5.21. The molecule has 0 spiro atoms. The van der Waals surface area contributed by atoms with Gasteiger partial charge in [0.05, 0.1) is 17.8 Å². The molecule has 0 radical (unpaired) electrons. The van der Waals surface area contributed by atoms with Crippen molar-refractivity contribution in [2.24, 2.45) is 17.3 Å². The van der Waals surface area contributed by atoms with E-state index in [4.69, 9.17) is 14.0 Å². The minimum atomic E-state index is -4.06. The van der Waals surface area contributed by atoms with Gasteiger partial charge in [-0.3, -0.25) is 9.35 Å². The van der Waals surface area contributed by atoms with Gasteiger partial charge in [0.1, 0.15) is 5.60 Å². The predicted octanol–water partition coefficient (Wildman–Crippen LogP) is 2.27. The zero-order valence-electron chi connectivity index (χ0n) is 15.0. The Morgan fingerprint density at radius 1 is 1.19 bits per heavy atom. The zero-order valence-corrected chi connectivity index (χ0v) is 15.8. The van der Waals surface area contributed by atoms with Crippen molar-refractivity contribution in [2.75, 3.05) is 12.4 Å². The molecule has 0 aromatic rings. The van der Waals surface area contributed by atoms with Gasteiger partial charge in [0.2, 0.25) is 0 Å². The second kappa shape index (κ2) is 6.64. The number of hydrogen-bond donors (Lipinski definition) is 1. The smallest absolute Gasteiger partial charge is 0.333 e. The van der Waals surface area contributed by atoms with E-state index in [0.717, 1.165) is 32.1 Å². The van der Waals surface area contributed by atoms with Crippen LogP contribution in [0.15, 0.2) is 12.2 Å². The molecule has 0 heterocycles. The molecule has 0 amide bonds. The van der Waals surface area contributed by atoms with Gasteiger partial charge in [0.25, 0.3) is 10.1 Å². The molecule has 0 saturated heterocycles. The van der Waals surface area contributed by atoms with E-state index >= 15 is 0 Å². The molecule has 4 rings (SSSR count). The molecule has 0 aromatic carbocycles. The average molecular weight is 386 g/mol. The Bertz CT molecular complexity index is 710. The lowest BCUT2D eigenvalue weighted by Crippen LogP contribution is -2.60. The Hall–Kier alpha value is -1.41. The van der Waals surface area contributed by atoms with Crippen LogP contribution < -0.4 is 0 Å². The van der Waals surface area contributed by atoms with Gasteiger partial charge < -0.3 is 9.47 Å². The minimum Gasteiger partial charge on any atom is -0.465 e. The summed E-state index contributed by atoms with van der Waals surface area (Å²) in [6.07, 6.45) is 4.58. The largest absolute Gasteiger partial charge is 0.465 e. The van der Waals surface area contributed by atoms with Gasteiger partial charge in [0, 0.05) is 12.0 Å². The third-order valence-corrected chi connectivity index (χ3v) is 6.68. The van der Waals surface area contributed by atoms with Gasteiger partial charge in [0.15, 0.2) is 0 Å². The van der Waals surface area contributed by atoms with Crippen LogP contribution in [0.5, 0.6) is 0 Å². The summed E-state index contributed by atoms with van der Waals surface area (Å²) in [6, 6.07) is 0. The van der Waals surface area contributed by atoms with E-state index in [1.807, 2.05) is 0 Å². The van der Waals surface area contributed by atoms with Crippen molar-refractivity contribution >= 4 is 22.1 Å². The molecule has 4 aliphatic carbocycles. The van der Waals surface area contributed by atoms with E-state index in [-0.39, 0.29) is 19.0 Å². The Labute approximate surface area is 153 Å². The van der Waals surface area contributed by atoms with E-state index in [9.17, 15) is 18.0 Å². The number of hydrogen-bond acceptors (Lipinski definition) is 6. The van der Waals surface area contributed by atoms with Crippen LogP contribution >= 0.6 is 0 Å². The molecule has 0 aliphatic heterocycles. The molecular formula is C18H26O7S. The fourth-order valence-corrected chi connectivity index (χ4v) is 5.86. The van der Waals surface area contributed by atoms with Crippen molar-refractivity contribution in [1.29, 1.82) is 0 Å². The highest BCUT2D eigenvalue weighted by molar-refractivity contribution is 7.85. The van der Waals surface area contributed by atoms with E-state index in [0.29, 0.717) is 23.8 Å². The average Bonchev–Trinajstić information content (AvgIpc) is 2.48. The van der Waals surface area contributed by atoms with E-state index in [1.165, 1.54) is 0 Å². The molecule has 2 atom stereocenters. The first-order chi connectivity index (χ1) is 12.0. The Morgan fingerprint density at radius 3 is 2.35 bits per heavy atom. The molecule has 4 fully saturated rings. The summed E-state index contributed by atoms with van der Waals surface area (Å²) in [5, 5.41) is 0. The van der Waals surface area contributed by atoms with Crippen molar-refractivity contribution in [3.05, 3.63) is 12.2 Å². The van der Waals surface area contributed by atoms with Crippen LogP contribution in [0.4, 0.5) is 0 Å². The summed E-state index contributed by atoms with van der Waals surface area (Å²) >= 11 is 0. The Kier molecular flexibility index (Phi) is 4.94. The Morgan fingerprint density at radius 2 is 1.81 bits per heavy atom. The topological polar surface area (TPSA) is 107 Å². The van der Waals surface area contributed by atoms with Crippen LogP contribution in [0.25, 0.3) is 0 Å². The third-order valence-electron chi connectivity index (χ3n) is 5.88. The van der Waals surface area contributed by atoms with Crippen molar-refractivity contribution in [2.45, 2.75) is 57.5 Å². The maximum absolute atomic E-state index is 12.8. The highest BCUT2D eigenvalue weighted by Crippen LogP contribution is 2.63. The molecule has 4 bridgehead atoms. The minimum absolute atomic E-state index is 0.0474. The number of rotatable bonds is 7. The molecule has 2 unspecified atom stereocenters. The lowest BCUT2D eigenvalue weighted by Gasteiger charge is -2.59. The summed E-state index contributed by atoms with van der Waals surface area (Å²) in [4.78, 5) is 24.9. The first-order valence-corrected chi connectivity index (χ1v) is 10.6. The number of carbonyl (C=O) groups is 2. The van der Waals surface area contributed by atoms with Gasteiger partial charge in [-0.25, -0.2) is 4.79 Å². The van der Waals surface area contributed by atoms with Gasteiger partial charge >= 0.3 is 11.9 Å². The summed E-state index contributed by atoms with van der Waals surface area (Å²) in [7, 11) is -4.06. The van der Waals surface area contributed by atoms with Crippen molar-refractivity contribution < 1.29 is 32.0 Å². The maximum Gasteiger partial charge on any atom is 0.333 e. The van der Waals surface area contributed by atoms with Crippen LogP contribution in [0.1, 0.15) is 51.9 Å². The van der Waals surface area contributed by atoms with Crippen molar-refractivity contribution in [3.63, 3.8) is 0 Å². The zero-order chi connectivity index (χ0) is 19.2. The monoisotopic (exact) mass is 386 g/mol. The maximum atomic E-state index is 12.8. The normalized spacial score (nSPS) is 35.2. The van der Waals surface area contributed by atoms with E-state index in [1.54, 1.807) is 6.92 Å². The molecule has 8 heteroatoms. The lowest BCUT2D eigenvalue weighted by molar-refractivity contribution is -0.210. The SMILES string of the molecule is C=C(C)C(=O)OC12CC3CC(C1)CC(C(=O)OCCCS(=O)(=O)O)(C3)C2. The Balaban J connectivity index is 1.68. The molecule has 4 saturated carbocycles. The standard InChI is InChI=1S/C18H26O7S/c1-12(2)15(19)25-18-9-13-6-14(10-18)8-17(7-13,11-18)16(20)24-4-3-5-26(21,22)23/h13-14H,1,3-11H2,2H3,(H,21,22,23). The van der Waals surface area contributed by atoms with Gasteiger partial charge in [-0.1, -0.05) is 6.58 Å². The van der Waals surface area contributed by atoms with Crippen molar-refractivity contribution in [3.8, 4) is 0 Å². The van der Waals surface area contributed by atoms with Gasteiger partial charge in [-0.15, -0.1) is 0 Å². The lowest BCUT2D eigenvalue weighted by atomic mass is 9.48.